The monoisotopic (exact) mass is 282 g/mol. The highest BCUT2D eigenvalue weighted by molar-refractivity contribution is 5.88. The summed E-state index contributed by atoms with van der Waals surface area (Å²) in [5, 5.41) is 0. The Hall–Kier alpha value is -2.17. The fraction of sp³-hybridized carbons (Fsp3) is 0.133. The summed E-state index contributed by atoms with van der Waals surface area (Å²) < 4.78 is 51.3. The van der Waals surface area contributed by atoms with Crippen LogP contribution in [0.5, 0.6) is 0 Å². The summed E-state index contributed by atoms with van der Waals surface area (Å²) >= 11 is 0. The summed E-state index contributed by atoms with van der Waals surface area (Å²) in [6.45, 7) is 1.51. The molecule has 0 fully saturated rings. The number of carbonyl (C=O) groups is 1. The van der Waals surface area contributed by atoms with E-state index in [1.807, 2.05) is 0 Å². The van der Waals surface area contributed by atoms with E-state index >= 15 is 0 Å². The Morgan fingerprint density at radius 1 is 1.05 bits per heavy atom. The standard InChI is InChI=1S/C15H10F4O/c1-9-12(3-2-4-14(9)16)13-6-5-11(15(17,18)19)7-10(13)8-20/h2-8H,1H3. The van der Waals surface area contributed by atoms with Gasteiger partial charge in [0.05, 0.1) is 5.56 Å². The second kappa shape index (κ2) is 5.07. The van der Waals surface area contributed by atoms with E-state index in [1.165, 1.54) is 25.1 Å². The topological polar surface area (TPSA) is 17.1 Å². The van der Waals surface area contributed by atoms with Gasteiger partial charge in [0, 0.05) is 5.56 Å². The number of hydrogen-bond acceptors (Lipinski definition) is 1. The van der Waals surface area contributed by atoms with Crippen molar-refractivity contribution in [2.24, 2.45) is 0 Å². The van der Waals surface area contributed by atoms with Crippen molar-refractivity contribution in [3.63, 3.8) is 0 Å². The molecule has 2 aromatic carbocycles. The van der Waals surface area contributed by atoms with Gasteiger partial charge in [-0.25, -0.2) is 4.39 Å². The van der Waals surface area contributed by atoms with Crippen LogP contribution in [0.1, 0.15) is 21.5 Å². The zero-order valence-corrected chi connectivity index (χ0v) is 10.5. The van der Waals surface area contributed by atoms with Crippen molar-refractivity contribution in [2.75, 3.05) is 0 Å². The molecule has 0 aliphatic rings. The van der Waals surface area contributed by atoms with E-state index in [2.05, 4.69) is 0 Å². The summed E-state index contributed by atoms with van der Waals surface area (Å²) in [5.41, 5.74) is -0.0490. The van der Waals surface area contributed by atoms with Gasteiger partial charge in [0.1, 0.15) is 5.82 Å². The number of rotatable bonds is 2. The fourth-order valence-corrected chi connectivity index (χ4v) is 1.98. The molecule has 20 heavy (non-hydrogen) atoms. The van der Waals surface area contributed by atoms with Crippen molar-refractivity contribution >= 4 is 6.29 Å². The van der Waals surface area contributed by atoms with Crippen LogP contribution in [0.25, 0.3) is 11.1 Å². The largest absolute Gasteiger partial charge is 0.416 e. The maximum atomic E-state index is 13.5. The molecule has 0 spiro atoms. The first-order chi connectivity index (χ1) is 9.34. The molecule has 0 atom stereocenters. The van der Waals surface area contributed by atoms with Gasteiger partial charge in [-0.1, -0.05) is 18.2 Å². The molecule has 1 nitrogen and oxygen atoms in total. The van der Waals surface area contributed by atoms with E-state index < -0.39 is 17.6 Å². The molecular formula is C15H10F4O. The lowest BCUT2D eigenvalue weighted by Gasteiger charge is -2.12. The first-order valence-electron chi connectivity index (χ1n) is 5.76. The quantitative estimate of drug-likeness (QED) is 0.579. The molecule has 0 heterocycles. The van der Waals surface area contributed by atoms with E-state index in [9.17, 15) is 22.4 Å². The lowest BCUT2D eigenvalue weighted by molar-refractivity contribution is -0.137. The number of halogens is 4. The third-order valence-corrected chi connectivity index (χ3v) is 3.06. The van der Waals surface area contributed by atoms with Gasteiger partial charge in [0.15, 0.2) is 6.29 Å². The maximum Gasteiger partial charge on any atom is 0.416 e. The van der Waals surface area contributed by atoms with E-state index in [-0.39, 0.29) is 16.7 Å². The molecule has 0 bridgehead atoms. The minimum Gasteiger partial charge on any atom is -0.298 e. The number of hydrogen-bond donors (Lipinski definition) is 0. The van der Waals surface area contributed by atoms with E-state index in [0.717, 1.165) is 12.1 Å². The molecule has 104 valence electrons. The summed E-state index contributed by atoms with van der Waals surface area (Å²) in [4.78, 5) is 11.0. The third kappa shape index (κ3) is 2.57. The molecule has 0 aromatic heterocycles. The number of alkyl halides is 3. The molecule has 0 saturated heterocycles. The van der Waals surface area contributed by atoms with Gasteiger partial charge in [-0.05, 0) is 41.8 Å². The molecular weight excluding hydrogens is 272 g/mol. The Morgan fingerprint density at radius 2 is 1.75 bits per heavy atom. The molecule has 5 heteroatoms. The Labute approximate surface area is 112 Å². The molecule has 0 radical (unpaired) electrons. The van der Waals surface area contributed by atoms with Gasteiger partial charge in [0.2, 0.25) is 0 Å². The minimum atomic E-state index is -4.52. The predicted octanol–water partition coefficient (Wildman–Crippen LogP) is 4.63. The fourth-order valence-electron chi connectivity index (χ4n) is 1.98. The van der Waals surface area contributed by atoms with Crippen molar-refractivity contribution in [2.45, 2.75) is 13.1 Å². The number of benzene rings is 2. The summed E-state index contributed by atoms with van der Waals surface area (Å²) in [6.07, 6.45) is -4.18. The highest BCUT2D eigenvalue weighted by atomic mass is 19.4. The SMILES string of the molecule is Cc1c(F)cccc1-c1ccc(C(F)(F)F)cc1C=O. The summed E-state index contributed by atoms with van der Waals surface area (Å²) in [6, 6.07) is 7.11. The van der Waals surface area contributed by atoms with Crippen LogP contribution in [0.15, 0.2) is 36.4 Å². The maximum absolute atomic E-state index is 13.5. The highest BCUT2D eigenvalue weighted by Crippen LogP contribution is 2.34. The van der Waals surface area contributed by atoms with Crippen molar-refractivity contribution in [3.05, 3.63) is 58.9 Å². The van der Waals surface area contributed by atoms with Crippen molar-refractivity contribution in [1.29, 1.82) is 0 Å². The predicted molar refractivity (Wildman–Crippen MR) is 67.0 cm³/mol. The van der Waals surface area contributed by atoms with E-state index in [1.54, 1.807) is 6.07 Å². The zero-order valence-electron chi connectivity index (χ0n) is 10.5. The second-order valence-corrected chi connectivity index (χ2v) is 4.33. The zero-order chi connectivity index (χ0) is 14.9. The number of carbonyl (C=O) groups excluding carboxylic acids is 1. The highest BCUT2D eigenvalue weighted by Gasteiger charge is 2.31. The van der Waals surface area contributed by atoms with Crippen LogP contribution in [0, 0.1) is 12.7 Å². The smallest absolute Gasteiger partial charge is 0.298 e. The van der Waals surface area contributed by atoms with E-state index in [0.29, 0.717) is 11.8 Å². The second-order valence-electron chi connectivity index (χ2n) is 4.33. The minimum absolute atomic E-state index is 0.117. The lowest BCUT2D eigenvalue weighted by atomic mass is 9.94. The Morgan fingerprint density at radius 3 is 2.35 bits per heavy atom. The van der Waals surface area contributed by atoms with Gasteiger partial charge < -0.3 is 0 Å². The molecule has 2 rings (SSSR count). The van der Waals surface area contributed by atoms with Crippen LogP contribution in [0.3, 0.4) is 0 Å². The van der Waals surface area contributed by atoms with Gasteiger partial charge in [-0.3, -0.25) is 4.79 Å². The van der Waals surface area contributed by atoms with Crippen molar-refractivity contribution < 1.29 is 22.4 Å². The van der Waals surface area contributed by atoms with Gasteiger partial charge in [-0.15, -0.1) is 0 Å². The first kappa shape index (κ1) is 14.2. The Balaban J connectivity index is 2.64. The van der Waals surface area contributed by atoms with Crippen molar-refractivity contribution in [3.8, 4) is 11.1 Å². The summed E-state index contributed by atoms with van der Waals surface area (Å²) in [5.74, 6) is -0.473. The average Bonchev–Trinajstić information content (AvgIpc) is 2.40. The molecule has 0 amide bonds. The lowest BCUT2D eigenvalue weighted by Crippen LogP contribution is -2.06. The van der Waals surface area contributed by atoms with Gasteiger partial charge in [0.25, 0.3) is 0 Å². The van der Waals surface area contributed by atoms with Crippen LogP contribution in [0.2, 0.25) is 0 Å². The van der Waals surface area contributed by atoms with Crippen LogP contribution < -0.4 is 0 Å². The first-order valence-corrected chi connectivity index (χ1v) is 5.76. The van der Waals surface area contributed by atoms with Crippen LogP contribution in [-0.4, -0.2) is 6.29 Å². The molecule has 0 aliphatic carbocycles. The van der Waals surface area contributed by atoms with Gasteiger partial charge >= 0.3 is 6.18 Å². The Kier molecular flexibility index (Phi) is 3.61. The summed E-state index contributed by atoms with van der Waals surface area (Å²) in [7, 11) is 0. The average molecular weight is 282 g/mol. The number of aldehydes is 1. The van der Waals surface area contributed by atoms with Gasteiger partial charge in [-0.2, -0.15) is 13.2 Å². The van der Waals surface area contributed by atoms with Crippen LogP contribution in [0.4, 0.5) is 17.6 Å². The third-order valence-electron chi connectivity index (χ3n) is 3.06. The molecule has 2 aromatic rings. The van der Waals surface area contributed by atoms with Crippen LogP contribution >= 0.6 is 0 Å². The van der Waals surface area contributed by atoms with Crippen molar-refractivity contribution in [1.82, 2.24) is 0 Å². The van der Waals surface area contributed by atoms with E-state index in [4.69, 9.17) is 0 Å². The Bertz CT molecular complexity index is 659. The van der Waals surface area contributed by atoms with Crippen LogP contribution in [-0.2, 0) is 6.18 Å². The molecule has 0 saturated carbocycles. The molecule has 0 unspecified atom stereocenters. The molecule has 0 N–H and O–H groups in total. The normalized spacial score (nSPS) is 11.4. The molecule has 0 aliphatic heterocycles.